The molecule has 0 aliphatic carbocycles. The Hall–Kier alpha value is -8.39. The van der Waals surface area contributed by atoms with Crippen LogP contribution in [0.1, 0.15) is 75.0 Å². The first-order valence-electron chi connectivity index (χ1n) is 24.0. The number of phenols is 1. The Balaban J connectivity index is 1.83. The Morgan fingerprint density at radius 2 is 1.06 bits per heavy atom. The van der Waals surface area contributed by atoms with Gasteiger partial charge in [-0.05, 0) is 67.3 Å². The van der Waals surface area contributed by atoms with Crippen LogP contribution in [0.4, 0.5) is 9.59 Å². The number of benzene rings is 2. The maximum Gasteiger partial charge on any atom is 0.327 e. The van der Waals surface area contributed by atoms with E-state index in [2.05, 4.69) is 42.8 Å². The number of phenolic OH excluding ortho intramolecular Hbond substituents is 1. The molecule has 0 aliphatic heterocycles. The minimum Gasteiger partial charge on any atom is -0.508 e. The molecular weight excluding hydrogens is 1090 g/mol. The SMILES string of the molecule is C[C@@H](C[C@@H](N)Cc1ccc(O)cc1)C(=O)NNC(=O)CSSC[C@@H](NC(=O)[C@H](CC(=O)O)NC(=O)[C@H](CC(=O)O)NC(=O)Cc1ccc(CNC(=O)NCCCC[C@@H](NC(=O)N[C@@H](CCC(=O)O)C(=O)O)C(=O)O)cc1)C(=O)O. The normalized spacial score (nSPS) is 13.4. The first-order chi connectivity index (χ1) is 37.2. The number of amides is 9. The monoisotopic (exact) mass is 1150 g/mol. The fraction of sp³-hybridized carbons (Fsp3) is 0.468. The van der Waals surface area contributed by atoms with E-state index in [4.69, 9.17) is 10.8 Å². The van der Waals surface area contributed by atoms with Crippen LogP contribution >= 0.6 is 21.6 Å². The maximum absolute atomic E-state index is 13.3. The van der Waals surface area contributed by atoms with Crippen molar-refractivity contribution in [2.45, 2.75) is 114 Å². The summed E-state index contributed by atoms with van der Waals surface area (Å²) in [4.78, 5) is 158. The summed E-state index contributed by atoms with van der Waals surface area (Å²) in [6.45, 7) is 1.70. The summed E-state index contributed by atoms with van der Waals surface area (Å²) in [7, 11) is 1.67. The van der Waals surface area contributed by atoms with E-state index in [1.54, 1.807) is 31.2 Å². The molecule has 0 heterocycles. The first kappa shape index (κ1) is 66.7. The lowest BCUT2D eigenvalue weighted by atomic mass is 9.96. The number of carboxylic acid groups (broad SMARTS) is 6. The predicted octanol–water partition coefficient (Wildman–Crippen LogP) is -1.41. The highest BCUT2D eigenvalue weighted by Crippen LogP contribution is 2.22. The lowest BCUT2D eigenvalue weighted by Crippen LogP contribution is -2.57. The van der Waals surface area contributed by atoms with Gasteiger partial charge >= 0.3 is 47.9 Å². The molecule has 7 atom stereocenters. The fourth-order valence-corrected chi connectivity index (χ4v) is 8.82. The van der Waals surface area contributed by atoms with Crippen LogP contribution in [-0.4, -0.2) is 167 Å². The molecule has 18 N–H and O–H groups in total. The molecular formula is C47H64N10O20S2. The van der Waals surface area contributed by atoms with Crippen molar-refractivity contribution >= 4 is 99.0 Å². The molecule has 0 saturated heterocycles. The molecule has 0 radical (unpaired) electrons. The Labute approximate surface area is 458 Å². The van der Waals surface area contributed by atoms with E-state index >= 15 is 0 Å². The Morgan fingerprint density at radius 3 is 1.62 bits per heavy atom. The molecule has 434 valence electrons. The van der Waals surface area contributed by atoms with Gasteiger partial charge in [0.2, 0.25) is 29.5 Å². The van der Waals surface area contributed by atoms with Crippen LogP contribution in [0.3, 0.4) is 0 Å². The van der Waals surface area contributed by atoms with Crippen LogP contribution in [0.5, 0.6) is 5.75 Å². The van der Waals surface area contributed by atoms with Crippen molar-refractivity contribution < 1.29 is 98.1 Å². The number of unbranched alkanes of at least 4 members (excludes halogenated alkanes) is 1. The smallest absolute Gasteiger partial charge is 0.327 e. The summed E-state index contributed by atoms with van der Waals surface area (Å²) in [5.41, 5.74) is 12.4. The molecule has 9 amide bonds. The lowest BCUT2D eigenvalue weighted by molar-refractivity contribution is -0.144. The van der Waals surface area contributed by atoms with Crippen molar-refractivity contribution in [3.05, 3.63) is 65.2 Å². The number of carbonyl (C=O) groups excluding carboxylic acids is 7. The fourth-order valence-electron chi connectivity index (χ4n) is 6.83. The van der Waals surface area contributed by atoms with E-state index in [9.17, 15) is 93.0 Å². The van der Waals surface area contributed by atoms with E-state index in [0.29, 0.717) is 17.5 Å². The number of nitrogens with two attached hydrogens (primary N) is 1. The average Bonchev–Trinajstić information content (AvgIpc) is 3.36. The highest BCUT2D eigenvalue weighted by molar-refractivity contribution is 8.76. The molecule has 30 nitrogen and oxygen atoms in total. The van der Waals surface area contributed by atoms with Crippen LogP contribution in [0.2, 0.25) is 0 Å². The highest BCUT2D eigenvalue weighted by Gasteiger charge is 2.32. The summed E-state index contributed by atoms with van der Waals surface area (Å²) in [5, 5.41) is 81.3. The number of aliphatic carboxylic acids is 6. The summed E-state index contributed by atoms with van der Waals surface area (Å²) in [6.07, 6.45) is -2.40. The molecule has 0 unspecified atom stereocenters. The zero-order valence-electron chi connectivity index (χ0n) is 42.4. The summed E-state index contributed by atoms with van der Waals surface area (Å²) in [5.74, 6) is -14.8. The van der Waals surface area contributed by atoms with Gasteiger partial charge in [-0.1, -0.05) is 64.9 Å². The van der Waals surface area contributed by atoms with E-state index in [-0.39, 0.29) is 56.0 Å². The van der Waals surface area contributed by atoms with Crippen molar-refractivity contribution in [1.82, 2.24) is 48.1 Å². The number of rotatable bonds is 36. The lowest BCUT2D eigenvalue weighted by Gasteiger charge is -2.23. The maximum atomic E-state index is 13.3. The quantitative estimate of drug-likeness (QED) is 0.0212. The molecule has 79 heavy (non-hydrogen) atoms. The van der Waals surface area contributed by atoms with Gasteiger partial charge < -0.3 is 78.7 Å². The van der Waals surface area contributed by atoms with Gasteiger partial charge in [0.15, 0.2) is 0 Å². The Kier molecular flexibility index (Phi) is 29.7. The minimum absolute atomic E-state index is 0.00300. The van der Waals surface area contributed by atoms with Gasteiger partial charge in [-0.3, -0.25) is 49.2 Å². The van der Waals surface area contributed by atoms with Gasteiger partial charge in [-0.15, -0.1) is 0 Å². The van der Waals surface area contributed by atoms with Crippen molar-refractivity contribution in [3.63, 3.8) is 0 Å². The van der Waals surface area contributed by atoms with E-state index in [0.717, 1.165) is 27.2 Å². The van der Waals surface area contributed by atoms with Crippen LogP contribution in [0.25, 0.3) is 0 Å². The van der Waals surface area contributed by atoms with E-state index < -0.39 is 152 Å². The highest BCUT2D eigenvalue weighted by atomic mass is 33.1. The topological polar surface area (TPSA) is 498 Å². The summed E-state index contributed by atoms with van der Waals surface area (Å²) >= 11 is 0. The molecule has 0 spiro atoms. The van der Waals surface area contributed by atoms with Crippen LogP contribution < -0.4 is 53.8 Å². The predicted molar refractivity (Wildman–Crippen MR) is 278 cm³/mol. The van der Waals surface area contributed by atoms with Crippen LogP contribution in [0, 0.1) is 5.92 Å². The van der Waals surface area contributed by atoms with E-state index in [1.165, 1.54) is 24.3 Å². The van der Waals surface area contributed by atoms with Gasteiger partial charge in [0, 0.05) is 37.2 Å². The van der Waals surface area contributed by atoms with Crippen molar-refractivity contribution in [1.29, 1.82) is 0 Å². The number of hydrogen-bond donors (Lipinski definition) is 17. The zero-order valence-corrected chi connectivity index (χ0v) is 44.0. The number of aromatic hydroxyl groups is 1. The number of nitrogens with one attached hydrogen (secondary N) is 9. The van der Waals surface area contributed by atoms with Gasteiger partial charge in [0.1, 0.15) is 36.0 Å². The standard InChI is InChI=1S/C47H64N10O20S2/c1-24(16-28(48)17-25-9-11-29(58)12-10-25)40(67)57-56-36(60)23-79-78-22-34(45(74)75)53-42(69)33(20-39(65)66)52-41(68)32(19-38(63)64)51-35(59)18-26-5-7-27(8-6-26)21-50-46(76)49-15-3-2-4-30(43(70)71)54-47(77)55-31(44(72)73)13-14-37(61)62/h5-12,24,28,30-34,58H,2-4,13-23,48H2,1H3,(H,51,59)(H,52,68)(H,53,69)(H,56,60)(H,57,67)(H,61,62)(H,63,64)(H,65,66)(H,70,71)(H,72,73)(H,74,75)(H2,49,50,76)(H2,54,55,77)/t24-,28+,30+,31-,32-,33-,34+/m0/s1. The molecule has 2 aromatic rings. The Morgan fingerprint density at radius 1 is 0.532 bits per heavy atom. The van der Waals surface area contributed by atoms with Gasteiger partial charge in [-0.25, -0.2) is 24.0 Å². The molecule has 0 aliphatic rings. The third-order valence-corrected chi connectivity index (χ3v) is 13.2. The van der Waals surface area contributed by atoms with Crippen LogP contribution in [0.15, 0.2) is 48.5 Å². The zero-order chi connectivity index (χ0) is 59.2. The second-order valence-corrected chi connectivity index (χ2v) is 20.1. The molecule has 0 aromatic heterocycles. The van der Waals surface area contributed by atoms with Gasteiger partial charge in [-0.2, -0.15) is 0 Å². The largest absolute Gasteiger partial charge is 0.508 e. The van der Waals surface area contributed by atoms with Gasteiger partial charge in [0.05, 0.1) is 25.0 Å². The molecule has 2 aromatic carbocycles. The third-order valence-electron chi connectivity index (χ3n) is 10.9. The van der Waals surface area contributed by atoms with E-state index in [1.807, 2.05) is 5.32 Å². The minimum atomic E-state index is -1.95. The number of carboxylic acids is 6. The number of hydrogen-bond acceptors (Lipinski definition) is 17. The number of carbonyl (C=O) groups is 13. The summed E-state index contributed by atoms with van der Waals surface area (Å²) in [6, 6.07) is 1.90. The molecule has 0 bridgehead atoms. The third kappa shape index (κ3) is 28.5. The molecule has 2 rings (SSSR count). The second kappa shape index (κ2) is 35.1. The first-order valence-corrected chi connectivity index (χ1v) is 26.5. The molecule has 32 heteroatoms. The van der Waals surface area contributed by atoms with Crippen molar-refractivity contribution in [2.75, 3.05) is 18.1 Å². The van der Waals surface area contributed by atoms with Crippen molar-refractivity contribution in [3.8, 4) is 5.75 Å². The number of hydrazine groups is 1. The number of urea groups is 2. The van der Waals surface area contributed by atoms with Gasteiger partial charge in [0.25, 0.3) is 0 Å². The molecule has 0 fully saturated rings. The Bertz CT molecular complexity index is 2470. The average molecular weight is 1150 g/mol. The molecule has 0 saturated carbocycles. The second-order valence-electron chi connectivity index (χ2n) is 17.6. The van der Waals surface area contributed by atoms with Crippen molar-refractivity contribution in [2.24, 2.45) is 11.7 Å². The summed E-state index contributed by atoms with van der Waals surface area (Å²) < 4.78 is 0. The van der Waals surface area contributed by atoms with Crippen LogP contribution in [-0.2, 0) is 72.1 Å².